The van der Waals surface area contributed by atoms with Crippen LogP contribution in [0.3, 0.4) is 0 Å². The zero-order valence-electron chi connectivity index (χ0n) is 15.5. The molecule has 0 radical (unpaired) electrons. The maximum Gasteiger partial charge on any atom is 0.233 e. The van der Waals surface area contributed by atoms with Gasteiger partial charge in [-0.2, -0.15) is 0 Å². The van der Waals surface area contributed by atoms with Gasteiger partial charge in [-0.1, -0.05) is 17.7 Å². The van der Waals surface area contributed by atoms with Gasteiger partial charge in [0, 0.05) is 31.9 Å². The van der Waals surface area contributed by atoms with Gasteiger partial charge < -0.3 is 10.1 Å². The molecule has 3 rings (SSSR count). The lowest BCUT2D eigenvalue weighted by Crippen LogP contribution is -2.26. The van der Waals surface area contributed by atoms with Crippen molar-refractivity contribution < 1.29 is 17.9 Å². The molecule has 1 N–H and O–H groups in total. The summed E-state index contributed by atoms with van der Waals surface area (Å²) in [5.41, 5.74) is 0.672. The van der Waals surface area contributed by atoms with E-state index in [0.717, 1.165) is 19.1 Å². The molecule has 1 saturated heterocycles. The van der Waals surface area contributed by atoms with Crippen molar-refractivity contribution in [2.24, 2.45) is 5.92 Å². The Morgan fingerprint density at radius 3 is 2.68 bits per heavy atom. The van der Waals surface area contributed by atoms with Crippen LogP contribution in [0.2, 0.25) is 5.02 Å². The summed E-state index contributed by atoms with van der Waals surface area (Å²) in [6.45, 7) is 1.36. The highest BCUT2D eigenvalue weighted by Gasteiger charge is 2.27. The van der Waals surface area contributed by atoms with Gasteiger partial charge >= 0.3 is 0 Å². The Morgan fingerprint density at radius 2 is 2.07 bits per heavy atom. The largest absolute Gasteiger partial charge is 0.381 e. The van der Waals surface area contributed by atoms with E-state index in [4.69, 9.17) is 16.3 Å². The van der Waals surface area contributed by atoms with Crippen LogP contribution in [0.5, 0.6) is 0 Å². The van der Waals surface area contributed by atoms with Crippen molar-refractivity contribution in [1.82, 2.24) is 9.97 Å². The van der Waals surface area contributed by atoms with Crippen LogP contribution in [0.25, 0.3) is 0 Å². The van der Waals surface area contributed by atoms with Gasteiger partial charge in [-0.15, -0.1) is 0 Å². The molecule has 150 valence electrons. The van der Waals surface area contributed by atoms with E-state index in [-0.39, 0.29) is 15.8 Å². The number of carbonyl (C=O) groups is 1. The number of hydrogen-bond acceptors (Lipinski definition) is 6. The second kappa shape index (κ2) is 8.98. The number of rotatable bonds is 6. The van der Waals surface area contributed by atoms with Crippen molar-refractivity contribution >= 4 is 33.2 Å². The van der Waals surface area contributed by atoms with E-state index in [1.807, 2.05) is 0 Å². The number of carbonyl (C=O) groups excluding carboxylic acids is 1. The summed E-state index contributed by atoms with van der Waals surface area (Å²) in [7, 11) is -3.44. The first-order chi connectivity index (χ1) is 13.3. The molecule has 0 saturated carbocycles. The molecule has 1 aliphatic rings. The van der Waals surface area contributed by atoms with E-state index in [0.29, 0.717) is 36.9 Å². The Hall–Kier alpha value is -2.03. The predicted octanol–water partition coefficient (Wildman–Crippen LogP) is 3.07. The van der Waals surface area contributed by atoms with Crippen molar-refractivity contribution in [1.29, 1.82) is 0 Å². The molecule has 1 aromatic carbocycles. The van der Waals surface area contributed by atoms with Crippen LogP contribution in [-0.2, 0) is 19.4 Å². The fraction of sp³-hybridized carbons (Fsp3) is 0.421. The Bertz CT molecular complexity index is 931. The first kappa shape index (κ1) is 20.7. The van der Waals surface area contributed by atoms with Crippen molar-refractivity contribution in [3.05, 3.63) is 47.4 Å². The van der Waals surface area contributed by atoms with Crippen molar-refractivity contribution in [3.63, 3.8) is 0 Å². The van der Waals surface area contributed by atoms with Crippen LogP contribution in [0, 0.1) is 5.92 Å². The minimum Gasteiger partial charge on any atom is -0.381 e. The van der Waals surface area contributed by atoms with Gasteiger partial charge in [0.2, 0.25) is 5.91 Å². The second-order valence-corrected chi connectivity index (χ2v) is 9.28. The highest BCUT2D eigenvalue weighted by atomic mass is 35.5. The fourth-order valence-electron chi connectivity index (χ4n) is 3.32. The number of amides is 1. The zero-order chi connectivity index (χ0) is 20.1. The third kappa shape index (κ3) is 5.27. The van der Waals surface area contributed by atoms with Gasteiger partial charge in [-0.05, 0) is 42.9 Å². The Labute approximate surface area is 169 Å². The van der Waals surface area contributed by atoms with Gasteiger partial charge in [0.25, 0.3) is 0 Å². The van der Waals surface area contributed by atoms with Crippen molar-refractivity contribution in [2.75, 3.05) is 24.8 Å². The number of ether oxygens (including phenoxy) is 1. The van der Waals surface area contributed by atoms with Crippen LogP contribution in [0.15, 0.2) is 41.7 Å². The number of aromatic nitrogens is 2. The van der Waals surface area contributed by atoms with Gasteiger partial charge in [-0.25, -0.2) is 13.4 Å². The summed E-state index contributed by atoms with van der Waals surface area (Å²) in [5, 5.41) is 2.90. The number of sulfone groups is 1. The molecular weight excluding hydrogens is 402 g/mol. The highest BCUT2D eigenvalue weighted by molar-refractivity contribution is 7.90. The maximum absolute atomic E-state index is 13.0. The lowest BCUT2D eigenvalue weighted by molar-refractivity contribution is -0.118. The molecular formula is C19H22ClN3O4S. The number of nitrogens with zero attached hydrogens (tertiary/aromatic N) is 2. The summed E-state index contributed by atoms with van der Waals surface area (Å²) in [6.07, 6.45) is 7.98. The molecule has 2 heterocycles. The van der Waals surface area contributed by atoms with Crippen LogP contribution in [0.1, 0.15) is 30.7 Å². The van der Waals surface area contributed by atoms with Crippen LogP contribution in [0.4, 0.5) is 5.82 Å². The van der Waals surface area contributed by atoms with E-state index in [2.05, 4.69) is 15.3 Å². The third-order valence-electron chi connectivity index (χ3n) is 4.80. The topological polar surface area (TPSA) is 98.2 Å². The van der Waals surface area contributed by atoms with Gasteiger partial charge in [0.1, 0.15) is 0 Å². The SMILES string of the molecule is CS(=O)(=O)c1ccc(C(CC2CCOCC2)C(=O)Nc2cnccn2)cc1Cl. The average molecular weight is 424 g/mol. The average Bonchev–Trinajstić information content (AvgIpc) is 2.66. The molecule has 1 atom stereocenters. The molecule has 1 aromatic heterocycles. The van der Waals surface area contributed by atoms with E-state index >= 15 is 0 Å². The van der Waals surface area contributed by atoms with Gasteiger partial charge in [0.05, 0.1) is 22.0 Å². The molecule has 1 fully saturated rings. The molecule has 1 aliphatic heterocycles. The normalized spacial score (nSPS) is 16.5. The van der Waals surface area contributed by atoms with Crippen LogP contribution in [-0.4, -0.2) is 43.8 Å². The third-order valence-corrected chi connectivity index (χ3v) is 6.38. The lowest BCUT2D eigenvalue weighted by atomic mass is 9.84. The van der Waals surface area contributed by atoms with Crippen molar-refractivity contribution in [2.45, 2.75) is 30.1 Å². The molecule has 0 spiro atoms. The lowest BCUT2D eigenvalue weighted by Gasteiger charge is -2.26. The first-order valence-electron chi connectivity index (χ1n) is 8.98. The van der Waals surface area contributed by atoms with Crippen LogP contribution >= 0.6 is 11.6 Å². The van der Waals surface area contributed by atoms with E-state index in [9.17, 15) is 13.2 Å². The molecule has 1 amide bonds. The zero-order valence-corrected chi connectivity index (χ0v) is 17.0. The predicted molar refractivity (Wildman–Crippen MR) is 106 cm³/mol. The minimum atomic E-state index is -3.44. The Kier molecular flexibility index (Phi) is 6.64. The minimum absolute atomic E-state index is 0.0528. The quantitative estimate of drug-likeness (QED) is 0.766. The van der Waals surface area contributed by atoms with E-state index in [1.165, 1.54) is 24.7 Å². The fourth-order valence-corrected chi connectivity index (χ4v) is 4.66. The summed E-state index contributed by atoms with van der Waals surface area (Å²) >= 11 is 6.21. The van der Waals surface area contributed by atoms with E-state index in [1.54, 1.807) is 12.1 Å². The second-order valence-electron chi connectivity index (χ2n) is 6.89. The van der Waals surface area contributed by atoms with Gasteiger partial charge in [0.15, 0.2) is 15.7 Å². The number of nitrogens with one attached hydrogen (secondary N) is 1. The summed E-state index contributed by atoms with van der Waals surface area (Å²) in [4.78, 5) is 21.1. The summed E-state index contributed by atoms with van der Waals surface area (Å²) in [5.74, 6) is -0.0190. The molecule has 0 aliphatic carbocycles. The molecule has 1 unspecified atom stereocenters. The molecule has 7 nitrogen and oxygen atoms in total. The summed E-state index contributed by atoms with van der Waals surface area (Å²) in [6, 6.07) is 4.68. The Balaban J connectivity index is 1.88. The van der Waals surface area contributed by atoms with Crippen molar-refractivity contribution in [3.8, 4) is 0 Å². The summed E-state index contributed by atoms with van der Waals surface area (Å²) < 4.78 is 29.1. The number of halogens is 1. The molecule has 2 aromatic rings. The van der Waals surface area contributed by atoms with Gasteiger partial charge in [-0.3, -0.25) is 9.78 Å². The maximum atomic E-state index is 13.0. The standard InChI is InChI=1S/C19H22ClN3O4S/c1-28(25,26)17-3-2-14(11-16(17)20)15(10-13-4-8-27-9-5-13)19(24)23-18-12-21-6-7-22-18/h2-3,6-7,11-13,15H,4-5,8-10H2,1H3,(H,22,23,24). The number of benzene rings is 1. The highest BCUT2D eigenvalue weighted by Crippen LogP contribution is 2.33. The molecule has 9 heteroatoms. The van der Waals surface area contributed by atoms with E-state index < -0.39 is 15.8 Å². The molecule has 28 heavy (non-hydrogen) atoms. The smallest absolute Gasteiger partial charge is 0.233 e. The number of anilines is 1. The number of hydrogen-bond donors (Lipinski definition) is 1. The molecule has 0 bridgehead atoms. The first-order valence-corrected chi connectivity index (χ1v) is 11.3. The Morgan fingerprint density at radius 1 is 1.32 bits per heavy atom. The monoisotopic (exact) mass is 423 g/mol. The van der Waals surface area contributed by atoms with Crippen LogP contribution < -0.4 is 5.32 Å².